The third-order valence-corrected chi connectivity index (χ3v) is 4.00. The van der Waals surface area contributed by atoms with Crippen molar-refractivity contribution in [3.63, 3.8) is 0 Å². The van der Waals surface area contributed by atoms with Crippen LogP contribution in [-0.2, 0) is 17.9 Å². The fraction of sp³-hybridized carbons (Fsp3) is 0.267. The highest BCUT2D eigenvalue weighted by molar-refractivity contribution is 7.14. The van der Waals surface area contributed by atoms with Crippen LogP contribution >= 0.6 is 11.3 Å². The van der Waals surface area contributed by atoms with E-state index >= 15 is 0 Å². The Balaban J connectivity index is 1.97. The first-order valence-corrected chi connectivity index (χ1v) is 7.12. The first-order chi connectivity index (χ1) is 9.60. The number of nitrogens with two attached hydrogens (primary N) is 1. The van der Waals surface area contributed by atoms with Gasteiger partial charge in [-0.25, -0.2) is 0 Å². The van der Waals surface area contributed by atoms with Crippen LogP contribution in [0.15, 0.2) is 30.3 Å². The Morgan fingerprint density at radius 2 is 2.10 bits per heavy atom. The van der Waals surface area contributed by atoms with Crippen LogP contribution in [0.1, 0.15) is 25.7 Å². The molecule has 1 aromatic carbocycles. The molecule has 5 heteroatoms. The molecule has 3 N–H and O–H groups in total. The van der Waals surface area contributed by atoms with E-state index in [9.17, 15) is 4.79 Å². The number of hydrogen-bond acceptors (Lipinski definition) is 4. The van der Waals surface area contributed by atoms with Crippen molar-refractivity contribution in [3.05, 3.63) is 51.2 Å². The molecular formula is C15H18N2O2S. The van der Waals surface area contributed by atoms with Crippen molar-refractivity contribution < 1.29 is 9.53 Å². The van der Waals surface area contributed by atoms with Crippen LogP contribution in [0.25, 0.3) is 0 Å². The van der Waals surface area contributed by atoms with E-state index in [1.165, 1.54) is 11.3 Å². The second-order valence-electron chi connectivity index (χ2n) is 4.56. The average molecular weight is 290 g/mol. The lowest BCUT2D eigenvalue weighted by molar-refractivity contribution is 0.0955. The van der Waals surface area contributed by atoms with E-state index < -0.39 is 0 Å². The van der Waals surface area contributed by atoms with Crippen molar-refractivity contribution in [1.29, 1.82) is 0 Å². The van der Waals surface area contributed by atoms with Gasteiger partial charge in [-0.15, -0.1) is 11.3 Å². The molecule has 1 heterocycles. The van der Waals surface area contributed by atoms with Gasteiger partial charge in [-0.05, 0) is 24.1 Å². The van der Waals surface area contributed by atoms with Crippen LogP contribution in [-0.4, -0.2) is 13.0 Å². The lowest BCUT2D eigenvalue weighted by atomic mass is 10.1. The Morgan fingerprint density at radius 1 is 1.35 bits per heavy atom. The average Bonchev–Trinajstić information content (AvgIpc) is 2.77. The van der Waals surface area contributed by atoms with Crippen molar-refractivity contribution in [2.75, 3.05) is 12.8 Å². The van der Waals surface area contributed by atoms with E-state index in [0.717, 1.165) is 16.0 Å². The minimum Gasteiger partial charge on any atom is -0.398 e. The first kappa shape index (κ1) is 14.6. The van der Waals surface area contributed by atoms with Gasteiger partial charge in [-0.1, -0.05) is 24.3 Å². The molecule has 0 atom stereocenters. The van der Waals surface area contributed by atoms with Crippen molar-refractivity contribution in [2.45, 2.75) is 20.1 Å². The number of aryl methyl sites for hydroxylation is 1. The minimum atomic E-state index is -0.0908. The number of thiophene rings is 1. The Bertz CT molecular complexity index is 588. The standard InChI is InChI=1S/C15H18N2O2S/c1-10-13(16)7-14(20-10)15(18)17-8-11-4-3-5-12(6-11)9-19-2/h3-7H,8-9,16H2,1-2H3,(H,17,18). The zero-order valence-electron chi connectivity index (χ0n) is 11.6. The predicted octanol–water partition coefficient (Wildman–Crippen LogP) is 2.72. The Kier molecular flexibility index (Phi) is 4.76. The van der Waals surface area contributed by atoms with Crippen molar-refractivity contribution in [2.24, 2.45) is 0 Å². The van der Waals surface area contributed by atoms with E-state index in [0.29, 0.717) is 23.7 Å². The molecule has 0 bridgehead atoms. The largest absolute Gasteiger partial charge is 0.398 e. The lowest BCUT2D eigenvalue weighted by Gasteiger charge is -2.06. The molecule has 20 heavy (non-hydrogen) atoms. The summed E-state index contributed by atoms with van der Waals surface area (Å²) in [6.45, 7) is 2.97. The SMILES string of the molecule is COCc1cccc(CNC(=O)c2cc(N)c(C)s2)c1. The van der Waals surface area contributed by atoms with Gasteiger partial charge in [0.1, 0.15) is 0 Å². The number of nitrogens with one attached hydrogen (secondary N) is 1. The zero-order valence-corrected chi connectivity index (χ0v) is 12.4. The maximum atomic E-state index is 12.0. The number of hydrogen-bond donors (Lipinski definition) is 2. The van der Waals surface area contributed by atoms with Crippen molar-refractivity contribution >= 4 is 22.9 Å². The van der Waals surface area contributed by atoms with Gasteiger partial charge in [0.2, 0.25) is 0 Å². The summed E-state index contributed by atoms with van der Waals surface area (Å²) in [5, 5.41) is 2.90. The first-order valence-electron chi connectivity index (χ1n) is 6.31. The number of carbonyl (C=O) groups excluding carboxylic acids is 1. The molecule has 106 valence electrons. The van der Waals surface area contributed by atoms with Crippen LogP contribution in [0.4, 0.5) is 5.69 Å². The molecule has 0 aliphatic rings. The van der Waals surface area contributed by atoms with E-state index in [1.54, 1.807) is 13.2 Å². The predicted molar refractivity (Wildman–Crippen MR) is 81.8 cm³/mol. The molecule has 0 aliphatic carbocycles. The van der Waals surface area contributed by atoms with E-state index in [2.05, 4.69) is 5.32 Å². The number of rotatable bonds is 5. The summed E-state index contributed by atoms with van der Waals surface area (Å²) in [6.07, 6.45) is 0. The van der Waals surface area contributed by atoms with Gasteiger partial charge in [0.15, 0.2) is 0 Å². The van der Waals surface area contributed by atoms with Crippen LogP contribution in [0.5, 0.6) is 0 Å². The number of amides is 1. The molecule has 2 aromatic rings. The number of ether oxygens (including phenoxy) is 1. The summed E-state index contributed by atoms with van der Waals surface area (Å²) in [6, 6.07) is 9.68. The lowest BCUT2D eigenvalue weighted by Crippen LogP contribution is -2.21. The second kappa shape index (κ2) is 6.54. The van der Waals surface area contributed by atoms with Crippen molar-refractivity contribution in [3.8, 4) is 0 Å². The zero-order chi connectivity index (χ0) is 14.5. The summed E-state index contributed by atoms with van der Waals surface area (Å²) in [5.41, 5.74) is 8.57. The van der Waals surface area contributed by atoms with Gasteiger partial charge in [-0.2, -0.15) is 0 Å². The van der Waals surface area contributed by atoms with E-state index in [1.807, 2.05) is 31.2 Å². The molecule has 0 unspecified atom stereocenters. The molecule has 0 saturated carbocycles. The smallest absolute Gasteiger partial charge is 0.261 e. The van der Waals surface area contributed by atoms with Crippen LogP contribution in [0, 0.1) is 6.92 Å². The summed E-state index contributed by atoms with van der Waals surface area (Å²) in [5.74, 6) is -0.0908. The van der Waals surface area contributed by atoms with Gasteiger partial charge >= 0.3 is 0 Å². The maximum Gasteiger partial charge on any atom is 0.261 e. The molecule has 4 nitrogen and oxygen atoms in total. The number of benzene rings is 1. The Labute approximate surface area is 122 Å². The second-order valence-corrected chi connectivity index (χ2v) is 5.81. The Hall–Kier alpha value is -1.85. The highest BCUT2D eigenvalue weighted by atomic mass is 32.1. The van der Waals surface area contributed by atoms with Crippen molar-refractivity contribution in [1.82, 2.24) is 5.32 Å². The number of methoxy groups -OCH3 is 1. The fourth-order valence-corrected chi connectivity index (χ4v) is 2.73. The highest BCUT2D eigenvalue weighted by Gasteiger charge is 2.10. The molecule has 1 aromatic heterocycles. The summed E-state index contributed by atoms with van der Waals surface area (Å²) >= 11 is 1.41. The van der Waals surface area contributed by atoms with Gasteiger partial charge in [-0.3, -0.25) is 4.79 Å². The molecular weight excluding hydrogens is 272 g/mol. The number of anilines is 1. The van der Waals surface area contributed by atoms with Crippen LogP contribution in [0.3, 0.4) is 0 Å². The third kappa shape index (κ3) is 3.59. The maximum absolute atomic E-state index is 12.0. The molecule has 1 amide bonds. The summed E-state index contributed by atoms with van der Waals surface area (Å²) in [7, 11) is 1.66. The highest BCUT2D eigenvalue weighted by Crippen LogP contribution is 2.23. The fourth-order valence-electron chi connectivity index (χ4n) is 1.87. The van der Waals surface area contributed by atoms with E-state index in [4.69, 9.17) is 10.5 Å². The van der Waals surface area contributed by atoms with E-state index in [-0.39, 0.29) is 5.91 Å². The molecule has 0 radical (unpaired) electrons. The van der Waals surface area contributed by atoms with Gasteiger partial charge in [0, 0.05) is 24.2 Å². The Morgan fingerprint density at radius 3 is 2.75 bits per heavy atom. The van der Waals surface area contributed by atoms with Gasteiger partial charge < -0.3 is 15.8 Å². The van der Waals surface area contributed by atoms with Crippen LogP contribution < -0.4 is 11.1 Å². The summed E-state index contributed by atoms with van der Waals surface area (Å²) in [4.78, 5) is 13.6. The number of nitrogen functional groups attached to an aromatic ring is 1. The van der Waals surface area contributed by atoms with Gasteiger partial charge in [0.05, 0.1) is 11.5 Å². The quantitative estimate of drug-likeness (QED) is 0.890. The molecule has 0 spiro atoms. The molecule has 0 aliphatic heterocycles. The molecule has 0 saturated heterocycles. The molecule has 2 rings (SSSR count). The normalized spacial score (nSPS) is 10.5. The third-order valence-electron chi connectivity index (χ3n) is 2.94. The minimum absolute atomic E-state index is 0.0908. The number of carbonyl (C=O) groups is 1. The van der Waals surface area contributed by atoms with Crippen LogP contribution in [0.2, 0.25) is 0 Å². The topological polar surface area (TPSA) is 64.3 Å². The van der Waals surface area contributed by atoms with Gasteiger partial charge in [0.25, 0.3) is 5.91 Å². The molecule has 0 fully saturated rings. The summed E-state index contributed by atoms with van der Waals surface area (Å²) < 4.78 is 5.09. The monoisotopic (exact) mass is 290 g/mol.